The second-order valence-corrected chi connectivity index (χ2v) is 5.26. The molecule has 0 radical (unpaired) electrons. The van der Waals surface area contributed by atoms with Gasteiger partial charge in [-0.3, -0.25) is 4.98 Å². The van der Waals surface area contributed by atoms with Crippen LogP contribution in [0.1, 0.15) is 16.7 Å². The fourth-order valence-corrected chi connectivity index (χ4v) is 2.14. The molecule has 20 heavy (non-hydrogen) atoms. The van der Waals surface area contributed by atoms with Gasteiger partial charge in [-0.25, -0.2) is 0 Å². The largest absolute Gasteiger partial charge is 0.418 e. The summed E-state index contributed by atoms with van der Waals surface area (Å²) in [5.41, 5.74) is 1.22. The topological polar surface area (TPSA) is 24.9 Å². The van der Waals surface area contributed by atoms with E-state index in [0.717, 1.165) is 17.2 Å². The highest BCUT2D eigenvalue weighted by Gasteiger charge is 2.33. The Labute approximate surface area is 123 Å². The van der Waals surface area contributed by atoms with E-state index in [1.807, 2.05) is 13.0 Å². The molecule has 0 saturated heterocycles. The van der Waals surface area contributed by atoms with E-state index < -0.39 is 11.7 Å². The van der Waals surface area contributed by atoms with Crippen molar-refractivity contribution in [2.24, 2.45) is 0 Å². The molecule has 0 aliphatic carbocycles. The van der Waals surface area contributed by atoms with Crippen LogP contribution in [0, 0.1) is 6.92 Å². The number of halogens is 4. The number of pyridine rings is 1. The van der Waals surface area contributed by atoms with Gasteiger partial charge >= 0.3 is 6.18 Å². The minimum atomic E-state index is -4.38. The predicted octanol–water partition coefficient (Wildman–Crippen LogP) is 4.78. The molecule has 0 aliphatic rings. The summed E-state index contributed by atoms with van der Waals surface area (Å²) in [6.45, 7) is 2.18. The van der Waals surface area contributed by atoms with Crippen molar-refractivity contribution in [1.29, 1.82) is 0 Å². The molecule has 0 amide bonds. The van der Waals surface area contributed by atoms with Gasteiger partial charge in [0.25, 0.3) is 0 Å². The first kappa shape index (κ1) is 14.8. The van der Waals surface area contributed by atoms with E-state index in [-0.39, 0.29) is 5.69 Å². The summed E-state index contributed by atoms with van der Waals surface area (Å²) >= 11 is 3.18. The van der Waals surface area contributed by atoms with Crippen LogP contribution in [0.2, 0.25) is 0 Å². The molecule has 1 aromatic carbocycles. The molecule has 0 fully saturated rings. The van der Waals surface area contributed by atoms with Gasteiger partial charge in [0.15, 0.2) is 0 Å². The molecule has 1 aromatic heterocycles. The van der Waals surface area contributed by atoms with Crippen molar-refractivity contribution in [1.82, 2.24) is 4.98 Å². The number of nitrogens with one attached hydrogen (secondary N) is 1. The molecule has 0 spiro atoms. The normalized spacial score (nSPS) is 11.4. The van der Waals surface area contributed by atoms with Crippen LogP contribution in [0.15, 0.2) is 41.1 Å². The molecule has 0 bridgehead atoms. The predicted molar refractivity (Wildman–Crippen MR) is 75.4 cm³/mol. The van der Waals surface area contributed by atoms with E-state index in [1.165, 1.54) is 12.1 Å². The average molecular weight is 345 g/mol. The Morgan fingerprint density at radius 2 is 2.00 bits per heavy atom. The molecule has 0 unspecified atom stereocenters. The van der Waals surface area contributed by atoms with E-state index in [1.54, 1.807) is 12.4 Å². The Morgan fingerprint density at radius 1 is 1.25 bits per heavy atom. The van der Waals surface area contributed by atoms with Crippen LogP contribution in [0.3, 0.4) is 0 Å². The van der Waals surface area contributed by atoms with Crippen LogP contribution in [0.5, 0.6) is 0 Å². The van der Waals surface area contributed by atoms with Gasteiger partial charge in [0.1, 0.15) is 0 Å². The van der Waals surface area contributed by atoms with Gasteiger partial charge in [-0.15, -0.1) is 0 Å². The zero-order valence-electron chi connectivity index (χ0n) is 10.6. The molecule has 1 heterocycles. The Bertz CT molecular complexity index is 612. The highest BCUT2D eigenvalue weighted by molar-refractivity contribution is 9.10. The number of aryl methyl sites for hydroxylation is 1. The second-order valence-electron chi connectivity index (χ2n) is 4.34. The summed E-state index contributed by atoms with van der Waals surface area (Å²) < 4.78 is 39.3. The summed E-state index contributed by atoms with van der Waals surface area (Å²) in [5.74, 6) is 0. The first-order chi connectivity index (χ1) is 9.38. The maximum Gasteiger partial charge on any atom is 0.418 e. The molecule has 2 aromatic rings. The lowest BCUT2D eigenvalue weighted by Crippen LogP contribution is -2.11. The molecule has 106 valence electrons. The maximum absolute atomic E-state index is 12.9. The van der Waals surface area contributed by atoms with E-state index in [9.17, 15) is 13.2 Å². The average Bonchev–Trinajstić information content (AvgIpc) is 2.36. The van der Waals surface area contributed by atoms with Crippen LogP contribution >= 0.6 is 15.9 Å². The van der Waals surface area contributed by atoms with Crippen molar-refractivity contribution < 1.29 is 13.2 Å². The third-order valence-electron chi connectivity index (χ3n) is 2.90. The fraction of sp³-hybridized carbons (Fsp3) is 0.214. The number of benzene rings is 1. The number of hydrogen-bond acceptors (Lipinski definition) is 2. The zero-order valence-corrected chi connectivity index (χ0v) is 12.2. The van der Waals surface area contributed by atoms with E-state index in [4.69, 9.17) is 0 Å². The summed E-state index contributed by atoms with van der Waals surface area (Å²) in [6.07, 6.45) is -1.08. The molecular weight excluding hydrogens is 333 g/mol. The minimum Gasteiger partial charge on any atom is -0.380 e. The van der Waals surface area contributed by atoms with E-state index in [0.29, 0.717) is 11.0 Å². The Morgan fingerprint density at radius 3 is 2.65 bits per heavy atom. The Hall–Kier alpha value is -1.56. The Balaban J connectivity index is 2.25. The number of nitrogens with zero attached hydrogens (tertiary/aromatic N) is 1. The van der Waals surface area contributed by atoms with Crippen molar-refractivity contribution >= 4 is 21.6 Å². The summed E-state index contributed by atoms with van der Waals surface area (Å²) in [5, 5.41) is 2.83. The van der Waals surface area contributed by atoms with E-state index in [2.05, 4.69) is 26.2 Å². The zero-order chi connectivity index (χ0) is 14.8. The van der Waals surface area contributed by atoms with Crippen LogP contribution in [0.25, 0.3) is 0 Å². The maximum atomic E-state index is 12.9. The van der Waals surface area contributed by atoms with Gasteiger partial charge in [-0.1, -0.05) is 15.9 Å². The molecule has 0 atom stereocenters. The summed E-state index contributed by atoms with van der Waals surface area (Å²) in [6, 6.07) is 5.68. The lowest BCUT2D eigenvalue weighted by atomic mass is 10.1. The first-order valence-corrected chi connectivity index (χ1v) is 6.67. The van der Waals surface area contributed by atoms with Crippen molar-refractivity contribution in [3.05, 3.63) is 57.8 Å². The first-order valence-electron chi connectivity index (χ1n) is 5.88. The van der Waals surface area contributed by atoms with E-state index >= 15 is 0 Å². The van der Waals surface area contributed by atoms with Gasteiger partial charge in [0, 0.05) is 29.1 Å². The van der Waals surface area contributed by atoms with Crippen LogP contribution in [0.4, 0.5) is 18.9 Å². The monoisotopic (exact) mass is 344 g/mol. The minimum absolute atomic E-state index is 0.0510. The van der Waals surface area contributed by atoms with Gasteiger partial charge in [0.05, 0.1) is 5.56 Å². The van der Waals surface area contributed by atoms with Gasteiger partial charge in [-0.05, 0) is 42.3 Å². The quantitative estimate of drug-likeness (QED) is 0.866. The third kappa shape index (κ3) is 3.50. The number of anilines is 1. The SMILES string of the molecule is Cc1ccncc1CNc1cc(Br)ccc1C(F)(F)F. The molecule has 0 saturated carbocycles. The van der Waals surface area contributed by atoms with Crippen LogP contribution in [-0.2, 0) is 12.7 Å². The molecule has 2 rings (SSSR count). The van der Waals surface area contributed by atoms with Crippen molar-refractivity contribution in [2.45, 2.75) is 19.6 Å². The second kappa shape index (κ2) is 5.83. The molecular formula is C14H12BrF3N2. The molecule has 6 heteroatoms. The number of aromatic nitrogens is 1. The van der Waals surface area contributed by atoms with Crippen LogP contribution < -0.4 is 5.32 Å². The fourth-order valence-electron chi connectivity index (χ4n) is 1.78. The number of hydrogen-bond donors (Lipinski definition) is 1. The van der Waals surface area contributed by atoms with Gasteiger partial charge in [0.2, 0.25) is 0 Å². The highest BCUT2D eigenvalue weighted by Crippen LogP contribution is 2.36. The van der Waals surface area contributed by atoms with Gasteiger partial charge in [-0.2, -0.15) is 13.2 Å². The molecule has 2 nitrogen and oxygen atoms in total. The van der Waals surface area contributed by atoms with Crippen LogP contribution in [-0.4, -0.2) is 4.98 Å². The van der Waals surface area contributed by atoms with Crippen molar-refractivity contribution in [3.63, 3.8) is 0 Å². The van der Waals surface area contributed by atoms with Gasteiger partial charge < -0.3 is 5.32 Å². The van der Waals surface area contributed by atoms with Crippen molar-refractivity contribution in [2.75, 3.05) is 5.32 Å². The lowest BCUT2D eigenvalue weighted by Gasteiger charge is -2.15. The lowest BCUT2D eigenvalue weighted by molar-refractivity contribution is -0.137. The highest BCUT2D eigenvalue weighted by atomic mass is 79.9. The molecule has 0 aliphatic heterocycles. The Kier molecular flexibility index (Phi) is 4.32. The third-order valence-corrected chi connectivity index (χ3v) is 3.40. The smallest absolute Gasteiger partial charge is 0.380 e. The number of rotatable bonds is 3. The molecule has 1 N–H and O–H groups in total. The summed E-state index contributed by atoms with van der Waals surface area (Å²) in [4.78, 5) is 3.98. The van der Waals surface area contributed by atoms with Crippen molar-refractivity contribution in [3.8, 4) is 0 Å². The standard InChI is InChI=1S/C14H12BrF3N2/c1-9-4-5-19-7-10(9)8-20-13-6-11(15)2-3-12(13)14(16,17)18/h2-7,20H,8H2,1H3. The number of alkyl halides is 3. The summed E-state index contributed by atoms with van der Waals surface area (Å²) in [7, 11) is 0.